The fourth-order valence-corrected chi connectivity index (χ4v) is 2.61. The Morgan fingerprint density at radius 1 is 1.00 bits per heavy atom. The lowest BCUT2D eigenvalue weighted by molar-refractivity contribution is 0.0175. The van der Waals surface area contributed by atoms with Crippen LogP contribution in [-0.4, -0.2) is 11.1 Å². The fraction of sp³-hybridized carbons (Fsp3) is 0.105. The van der Waals surface area contributed by atoms with Gasteiger partial charge < -0.3 is 5.11 Å². The lowest BCUT2D eigenvalue weighted by Crippen LogP contribution is -2.06. The van der Waals surface area contributed by atoms with Crippen LogP contribution < -0.4 is 0 Å². The van der Waals surface area contributed by atoms with Gasteiger partial charge in [0.2, 0.25) is 0 Å². The number of benzene rings is 3. The predicted molar refractivity (Wildman–Crippen MR) is 85.9 cm³/mol. The largest absolute Gasteiger partial charge is 0.478 e. The highest BCUT2D eigenvalue weighted by Gasteiger charge is 2.23. The number of aromatic carboxylic acids is 1. The molecule has 0 radical (unpaired) electrons. The number of halogens is 2. The van der Waals surface area contributed by atoms with Crippen molar-refractivity contribution in [3.63, 3.8) is 0 Å². The molecule has 1 N–H and O–H groups in total. The SMILES string of the molecule is CC(F)(F)c1ccc(-c2cccc3cc(C(=O)O)ccc23)cc1. The summed E-state index contributed by atoms with van der Waals surface area (Å²) in [6.07, 6.45) is 0. The van der Waals surface area contributed by atoms with Crippen LogP contribution in [0.2, 0.25) is 0 Å². The summed E-state index contributed by atoms with van der Waals surface area (Å²) < 4.78 is 26.6. The van der Waals surface area contributed by atoms with E-state index in [1.54, 1.807) is 30.3 Å². The summed E-state index contributed by atoms with van der Waals surface area (Å²) in [5.74, 6) is -3.85. The van der Waals surface area contributed by atoms with Crippen molar-refractivity contribution in [3.8, 4) is 11.1 Å². The van der Waals surface area contributed by atoms with Gasteiger partial charge in [0.1, 0.15) is 0 Å². The Morgan fingerprint density at radius 3 is 2.30 bits per heavy atom. The second-order valence-corrected chi connectivity index (χ2v) is 5.51. The van der Waals surface area contributed by atoms with Crippen molar-refractivity contribution in [1.29, 1.82) is 0 Å². The molecule has 0 spiro atoms. The van der Waals surface area contributed by atoms with E-state index in [1.807, 2.05) is 18.2 Å². The Bertz CT molecular complexity index is 878. The molecule has 0 aliphatic heterocycles. The molecule has 0 saturated carbocycles. The zero-order valence-electron chi connectivity index (χ0n) is 12.4. The molecule has 0 aliphatic rings. The van der Waals surface area contributed by atoms with Gasteiger partial charge in [-0.05, 0) is 34.0 Å². The third-order valence-corrected chi connectivity index (χ3v) is 3.83. The van der Waals surface area contributed by atoms with Crippen LogP contribution in [0.3, 0.4) is 0 Å². The summed E-state index contributed by atoms with van der Waals surface area (Å²) in [5.41, 5.74) is 1.88. The van der Waals surface area contributed by atoms with Crippen molar-refractivity contribution in [2.24, 2.45) is 0 Å². The Morgan fingerprint density at radius 2 is 1.70 bits per heavy atom. The molecule has 0 aliphatic carbocycles. The highest BCUT2D eigenvalue weighted by atomic mass is 19.3. The van der Waals surface area contributed by atoms with E-state index in [9.17, 15) is 13.6 Å². The minimum atomic E-state index is -2.87. The fourth-order valence-electron chi connectivity index (χ4n) is 2.61. The maximum Gasteiger partial charge on any atom is 0.335 e. The first kappa shape index (κ1) is 15.2. The summed E-state index contributed by atoms with van der Waals surface area (Å²) in [4.78, 5) is 11.1. The Hall–Kier alpha value is -2.75. The second-order valence-electron chi connectivity index (χ2n) is 5.51. The zero-order chi connectivity index (χ0) is 16.6. The quantitative estimate of drug-likeness (QED) is 0.711. The van der Waals surface area contributed by atoms with E-state index in [1.165, 1.54) is 12.1 Å². The molecule has 0 bridgehead atoms. The van der Waals surface area contributed by atoms with Gasteiger partial charge >= 0.3 is 5.97 Å². The van der Waals surface area contributed by atoms with Crippen LogP contribution in [0.1, 0.15) is 22.8 Å². The molecule has 3 aromatic carbocycles. The summed E-state index contributed by atoms with van der Waals surface area (Å²) in [7, 11) is 0. The first-order valence-electron chi connectivity index (χ1n) is 7.11. The van der Waals surface area contributed by atoms with E-state index in [0.717, 1.165) is 28.8 Å². The average Bonchev–Trinajstić information content (AvgIpc) is 2.53. The number of carboxylic acid groups (broad SMARTS) is 1. The molecule has 2 nitrogen and oxygen atoms in total. The lowest BCUT2D eigenvalue weighted by atomic mass is 9.96. The third-order valence-electron chi connectivity index (χ3n) is 3.83. The minimum absolute atomic E-state index is 0.0327. The smallest absolute Gasteiger partial charge is 0.335 e. The van der Waals surface area contributed by atoms with Crippen LogP contribution in [0.15, 0.2) is 60.7 Å². The second kappa shape index (κ2) is 5.47. The normalized spacial score (nSPS) is 11.6. The molecule has 0 saturated heterocycles. The summed E-state index contributed by atoms with van der Waals surface area (Å²) in [6.45, 7) is 0.868. The van der Waals surface area contributed by atoms with E-state index < -0.39 is 11.9 Å². The number of hydrogen-bond acceptors (Lipinski definition) is 1. The van der Waals surface area contributed by atoms with E-state index in [-0.39, 0.29) is 11.1 Å². The third kappa shape index (κ3) is 2.93. The van der Waals surface area contributed by atoms with Crippen molar-refractivity contribution in [1.82, 2.24) is 0 Å². The van der Waals surface area contributed by atoms with Crippen LogP contribution in [0.5, 0.6) is 0 Å². The number of hydrogen-bond donors (Lipinski definition) is 1. The van der Waals surface area contributed by atoms with E-state index in [2.05, 4.69) is 0 Å². The van der Waals surface area contributed by atoms with Gasteiger partial charge in [0, 0.05) is 12.5 Å². The predicted octanol–water partition coefficient (Wildman–Crippen LogP) is 5.32. The van der Waals surface area contributed by atoms with E-state index in [0.29, 0.717) is 0 Å². The zero-order valence-corrected chi connectivity index (χ0v) is 12.4. The van der Waals surface area contributed by atoms with E-state index >= 15 is 0 Å². The van der Waals surface area contributed by atoms with Gasteiger partial charge in [-0.2, -0.15) is 0 Å². The monoisotopic (exact) mass is 312 g/mol. The number of fused-ring (bicyclic) bond motifs is 1. The molecule has 116 valence electrons. The molecule has 0 unspecified atom stereocenters. The molecule has 0 atom stereocenters. The highest BCUT2D eigenvalue weighted by molar-refractivity contribution is 6.00. The van der Waals surface area contributed by atoms with Crippen LogP contribution in [0.25, 0.3) is 21.9 Å². The molecular weight excluding hydrogens is 298 g/mol. The van der Waals surface area contributed by atoms with Gasteiger partial charge in [-0.15, -0.1) is 0 Å². The van der Waals surface area contributed by atoms with Crippen LogP contribution in [-0.2, 0) is 5.92 Å². The number of carbonyl (C=O) groups is 1. The Labute approximate surface area is 132 Å². The maximum atomic E-state index is 13.3. The van der Waals surface area contributed by atoms with Crippen LogP contribution in [0.4, 0.5) is 8.78 Å². The molecule has 4 heteroatoms. The molecule has 23 heavy (non-hydrogen) atoms. The number of carboxylic acids is 1. The summed E-state index contributed by atoms with van der Waals surface area (Å²) in [6, 6.07) is 16.6. The highest BCUT2D eigenvalue weighted by Crippen LogP contribution is 2.32. The lowest BCUT2D eigenvalue weighted by Gasteiger charge is -2.12. The van der Waals surface area contributed by atoms with Crippen LogP contribution >= 0.6 is 0 Å². The Balaban J connectivity index is 2.11. The average molecular weight is 312 g/mol. The molecule has 3 aromatic rings. The van der Waals surface area contributed by atoms with Crippen LogP contribution in [0, 0.1) is 0 Å². The van der Waals surface area contributed by atoms with Gasteiger partial charge in [-0.1, -0.05) is 48.5 Å². The van der Waals surface area contributed by atoms with Crippen molar-refractivity contribution >= 4 is 16.7 Å². The van der Waals surface area contributed by atoms with Gasteiger partial charge in [0.15, 0.2) is 0 Å². The molecule has 0 amide bonds. The van der Waals surface area contributed by atoms with Gasteiger partial charge in [-0.25, -0.2) is 13.6 Å². The topological polar surface area (TPSA) is 37.3 Å². The van der Waals surface area contributed by atoms with Crippen molar-refractivity contribution < 1.29 is 18.7 Å². The van der Waals surface area contributed by atoms with Gasteiger partial charge in [-0.3, -0.25) is 0 Å². The van der Waals surface area contributed by atoms with Gasteiger partial charge in [0.25, 0.3) is 5.92 Å². The molecule has 0 fully saturated rings. The van der Waals surface area contributed by atoms with E-state index in [4.69, 9.17) is 5.11 Å². The number of alkyl halides is 2. The molecule has 0 aromatic heterocycles. The standard InChI is InChI=1S/C19H14F2O2/c1-19(20,21)15-8-5-12(6-9-15)16-4-2-3-13-11-14(18(22)23)7-10-17(13)16/h2-11H,1H3,(H,22,23). The summed E-state index contributed by atoms with van der Waals surface area (Å²) >= 11 is 0. The minimum Gasteiger partial charge on any atom is -0.478 e. The molecular formula is C19H14F2O2. The number of rotatable bonds is 3. The molecule has 0 heterocycles. The van der Waals surface area contributed by atoms with Gasteiger partial charge in [0.05, 0.1) is 5.56 Å². The maximum absolute atomic E-state index is 13.3. The Kier molecular flexibility index (Phi) is 3.60. The van der Waals surface area contributed by atoms with Crippen molar-refractivity contribution in [3.05, 3.63) is 71.8 Å². The molecule has 3 rings (SSSR count). The summed E-state index contributed by atoms with van der Waals surface area (Å²) in [5, 5.41) is 10.7. The van der Waals surface area contributed by atoms with Crippen molar-refractivity contribution in [2.45, 2.75) is 12.8 Å². The first-order chi connectivity index (χ1) is 10.9. The van der Waals surface area contributed by atoms with Crippen molar-refractivity contribution in [2.75, 3.05) is 0 Å². The first-order valence-corrected chi connectivity index (χ1v) is 7.11.